The Morgan fingerprint density at radius 2 is 1.24 bits per heavy atom. The molecule has 2 rings (SSSR count). The van der Waals surface area contributed by atoms with Gasteiger partial charge in [-0.3, -0.25) is 4.90 Å². The van der Waals surface area contributed by atoms with Gasteiger partial charge in [0, 0.05) is 19.1 Å². The summed E-state index contributed by atoms with van der Waals surface area (Å²) in [6.07, 6.45) is 0.522. The molecule has 0 radical (unpaired) electrons. The summed E-state index contributed by atoms with van der Waals surface area (Å²) in [6, 6.07) is 21.4. The Bertz CT molecular complexity index is 468. The normalized spacial score (nSPS) is 14.1. The summed E-state index contributed by atoms with van der Waals surface area (Å²) in [5.41, 5.74) is 2.62. The summed E-state index contributed by atoms with van der Waals surface area (Å²) < 4.78 is 0. The minimum Gasteiger partial charge on any atom is -0.393 e. The lowest BCUT2D eigenvalue weighted by Crippen LogP contribution is -2.34. The highest BCUT2D eigenvalue weighted by Gasteiger charge is 2.16. The first-order valence-electron chi connectivity index (χ1n) is 7.65. The zero-order valence-corrected chi connectivity index (χ0v) is 12.9. The van der Waals surface area contributed by atoms with E-state index >= 15 is 0 Å². The Balaban J connectivity index is 2.10. The van der Waals surface area contributed by atoms with Gasteiger partial charge in [0.2, 0.25) is 0 Å². The van der Waals surface area contributed by atoms with Gasteiger partial charge < -0.3 is 5.11 Å². The smallest absolute Gasteiger partial charge is 0.0526 e. The van der Waals surface area contributed by atoms with Crippen LogP contribution in [0.5, 0.6) is 0 Å². The monoisotopic (exact) mass is 283 g/mol. The number of aliphatic hydroxyl groups excluding tert-OH is 1. The molecular formula is C19H25NO. The van der Waals surface area contributed by atoms with E-state index in [9.17, 15) is 5.11 Å². The molecule has 0 bridgehead atoms. The van der Waals surface area contributed by atoms with E-state index in [-0.39, 0.29) is 6.10 Å². The Hall–Kier alpha value is -1.64. The number of benzene rings is 2. The summed E-state index contributed by atoms with van der Waals surface area (Å²) in [5.74, 6) is 0. The first kappa shape index (κ1) is 15.7. The van der Waals surface area contributed by atoms with E-state index in [0.717, 1.165) is 19.5 Å². The fourth-order valence-electron chi connectivity index (χ4n) is 2.65. The molecule has 112 valence electrons. The topological polar surface area (TPSA) is 23.5 Å². The number of aliphatic hydroxyl groups is 1. The van der Waals surface area contributed by atoms with Crippen molar-refractivity contribution in [1.29, 1.82) is 0 Å². The highest BCUT2D eigenvalue weighted by atomic mass is 16.3. The molecule has 2 atom stereocenters. The van der Waals surface area contributed by atoms with Gasteiger partial charge in [0.05, 0.1) is 6.10 Å². The van der Waals surface area contributed by atoms with Crippen LogP contribution in [-0.4, -0.2) is 22.2 Å². The number of nitrogens with zero attached hydrogens (tertiary/aromatic N) is 1. The first-order chi connectivity index (χ1) is 10.1. The van der Waals surface area contributed by atoms with Gasteiger partial charge in [-0.2, -0.15) is 0 Å². The van der Waals surface area contributed by atoms with Crippen LogP contribution in [0.2, 0.25) is 0 Å². The van der Waals surface area contributed by atoms with E-state index in [1.165, 1.54) is 11.1 Å². The van der Waals surface area contributed by atoms with Gasteiger partial charge in [0.15, 0.2) is 0 Å². The predicted octanol–water partition coefficient (Wildman–Crippen LogP) is 3.85. The van der Waals surface area contributed by atoms with E-state index in [0.29, 0.717) is 6.04 Å². The molecule has 0 saturated heterocycles. The second-order valence-corrected chi connectivity index (χ2v) is 5.81. The van der Waals surface area contributed by atoms with Crippen LogP contribution in [0.4, 0.5) is 0 Å². The van der Waals surface area contributed by atoms with Crippen LogP contribution in [0.1, 0.15) is 31.4 Å². The van der Waals surface area contributed by atoms with Gasteiger partial charge in [-0.15, -0.1) is 0 Å². The zero-order chi connectivity index (χ0) is 15.1. The lowest BCUT2D eigenvalue weighted by Gasteiger charge is -2.30. The van der Waals surface area contributed by atoms with Crippen LogP contribution in [0.15, 0.2) is 60.7 Å². The third kappa shape index (κ3) is 5.33. The third-order valence-corrected chi connectivity index (χ3v) is 3.76. The molecule has 2 heteroatoms. The van der Waals surface area contributed by atoms with Gasteiger partial charge in [-0.25, -0.2) is 0 Å². The van der Waals surface area contributed by atoms with Crippen LogP contribution in [-0.2, 0) is 13.1 Å². The summed E-state index contributed by atoms with van der Waals surface area (Å²) >= 11 is 0. The molecule has 0 spiro atoms. The van der Waals surface area contributed by atoms with Gasteiger partial charge in [-0.05, 0) is 31.4 Å². The van der Waals surface area contributed by atoms with Crippen molar-refractivity contribution in [3.05, 3.63) is 71.8 Å². The first-order valence-corrected chi connectivity index (χ1v) is 7.65. The van der Waals surface area contributed by atoms with Gasteiger partial charge >= 0.3 is 0 Å². The lowest BCUT2D eigenvalue weighted by atomic mass is 10.1. The molecule has 0 saturated carbocycles. The van der Waals surface area contributed by atoms with Crippen molar-refractivity contribution in [1.82, 2.24) is 4.90 Å². The van der Waals surface area contributed by atoms with E-state index in [1.807, 2.05) is 19.1 Å². The van der Waals surface area contributed by atoms with Crippen LogP contribution in [0.3, 0.4) is 0 Å². The lowest BCUT2D eigenvalue weighted by molar-refractivity contribution is 0.110. The summed E-state index contributed by atoms with van der Waals surface area (Å²) in [5, 5.41) is 9.68. The van der Waals surface area contributed by atoms with E-state index in [2.05, 4.69) is 60.4 Å². The van der Waals surface area contributed by atoms with Crippen molar-refractivity contribution in [3.63, 3.8) is 0 Å². The van der Waals surface area contributed by atoms with Crippen molar-refractivity contribution in [3.8, 4) is 0 Å². The van der Waals surface area contributed by atoms with E-state index in [1.54, 1.807) is 0 Å². The SMILES string of the molecule is CC(O)CC(C)N(Cc1ccccc1)Cc1ccccc1. The third-order valence-electron chi connectivity index (χ3n) is 3.76. The largest absolute Gasteiger partial charge is 0.393 e. The molecule has 0 aromatic heterocycles. The molecule has 2 unspecified atom stereocenters. The second-order valence-electron chi connectivity index (χ2n) is 5.81. The number of hydrogen-bond donors (Lipinski definition) is 1. The fourth-order valence-corrected chi connectivity index (χ4v) is 2.65. The van der Waals surface area contributed by atoms with Gasteiger partial charge in [0.25, 0.3) is 0 Å². The quantitative estimate of drug-likeness (QED) is 0.834. The molecule has 0 heterocycles. The molecule has 0 aliphatic heterocycles. The standard InChI is InChI=1S/C19H25NO/c1-16(13-17(2)21)20(14-18-9-5-3-6-10-18)15-19-11-7-4-8-12-19/h3-12,16-17,21H,13-15H2,1-2H3. The van der Waals surface area contributed by atoms with Crippen molar-refractivity contribution in [2.24, 2.45) is 0 Å². The number of hydrogen-bond acceptors (Lipinski definition) is 2. The Labute approximate surface area is 128 Å². The average molecular weight is 283 g/mol. The molecule has 2 nitrogen and oxygen atoms in total. The Morgan fingerprint density at radius 3 is 1.62 bits per heavy atom. The van der Waals surface area contributed by atoms with Crippen LogP contribution < -0.4 is 0 Å². The molecule has 1 N–H and O–H groups in total. The average Bonchev–Trinajstić information content (AvgIpc) is 2.48. The van der Waals surface area contributed by atoms with Crippen molar-refractivity contribution >= 4 is 0 Å². The molecule has 0 aliphatic carbocycles. The highest BCUT2D eigenvalue weighted by molar-refractivity contribution is 5.17. The minimum atomic E-state index is -0.269. The summed E-state index contributed by atoms with van der Waals surface area (Å²) in [7, 11) is 0. The molecule has 0 amide bonds. The fraction of sp³-hybridized carbons (Fsp3) is 0.368. The molecule has 0 fully saturated rings. The van der Waals surface area contributed by atoms with Gasteiger partial charge in [-0.1, -0.05) is 60.7 Å². The molecular weight excluding hydrogens is 258 g/mol. The van der Waals surface area contributed by atoms with Crippen molar-refractivity contribution < 1.29 is 5.11 Å². The maximum Gasteiger partial charge on any atom is 0.0526 e. The highest BCUT2D eigenvalue weighted by Crippen LogP contribution is 2.16. The Kier molecular flexibility index (Phi) is 5.97. The predicted molar refractivity (Wildman–Crippen MR) is 87.9 cm³/mol. The molecule has 21 heavy (non-hydrogen) atoms. The zero-order valence-electron chi connectivity index (χ0n) is 12.9. The summed E-state index contributed by atoms with van der Waals surface area (Å²) in [6.45, 7) is 5.87. The van der Waals surface area contributed by atoms with Crippen LogP contribution in [0.25, 0.3) is 0 Å². The number of rotatable bonds is 7. The van der Waals surface area contributed by atoms with Crippen LogP contribution in [0, 0.1) is 0 Å². The van der Waals surface area contributed by atoms with Gasteiger partial charge in [0.1, 0.15) is 0 Å². The minimum absolute atomic E-state index is 0.269. The summed E-state index contributed by atoms with van der Waals surface area (Å²) in [4.78, 5) is 2.43. The molecule has 2 aromatic rings. The Morgan fingerprint density at radius 1 is 0.810 bits per heavy atom. The van der Waals surface area contributed by atoms with Crippen molar-refractivity contribution in [2.75, 3.05) is 0 Å². The molecule has 2 aromatic carbocycles. The van der Waals surface area contributed by atoms with Crippen molar-refractivity contribution in [2.45, 2.75) is 45.5 Å². The maximum atomic E-state index is 9.68. The second kappa shape index (κ2) is 7.96. The maximum absolute atomic E-state index is 9.68. The van der Waals surface area contributed by atoms with E-state index in [4.69, 9.17) is 0 Å². The molecule has 0 aliphatic rings. The van der Waals surface area contributed by atoms with Crippen LogP contribution >= 0.6 is 0 Å². The van der Waals surface area contributed by atoms with E-state index < -0.39 is 0 Å².